The molecule has 8 nitrogen and oxygen atoms in total. The quantitative estimate of drug-likeness (QED) is 0.693. The molecule has 1 aliphatic carbocycles. The lowest BCUT2D eigenvalue weighted by Gasteiger charge is -2.16. The molecule has 0 saturated heterocycles. The van der Waals surface area contributed by atoms with Crippen molar-refractivity contribution in [3.63, 3.8) is 0 Å². The number of hydrogen-bond donors (Lipinski definition) is 1. The van der Waals surface area contributed by atoms with Gasteiger partial charge in [-0.15, -0.1) is 0 Å². The van der Waals surface area contributed by atoms with Gasteiger partial charge in [0.15, 0.2) is 0 Å². The molecule has 3 aromatic heterocycles. The number of amides is 1. The minimum atomic E-state index is -0.462. The third kappa shape index (κ3) is 3.77. The molecule has 0 spiro atoms. The van der Waals surface area contributed by atoms with Crippen LogP contribution < -0.4 is 16.3 Å². The normalized spacial score (nSPS) is 13.3. The second-order valence-corrected chi connectivity index (χ2v) is 7.62. The van der Waals surface area contributed by atoms with Crippen LogP contribution in [0.1, 0.15) is 47.1 Å². The second-order valence-electron chi connectivity index (χ2n) is 7.62. The Morgan fingerprint density at radius 3 is 2.80 bits per heavy atom. The van der Waals surface area contributed by atoms with Crippen molar-refractivity contribution in [1.82, 2.24) is 24.6 Å². The zero-order valence-electron chi connectivity index (χ0n) is 17.3. The molecule has 30 heavy (non-hydrogen) atoms. The van der Waals surface area contributed by atoms with Crippen molar-refractivity contribution < 1.29 is 4.79 Å². The van der Waals surface area contributed by atoms with E-state index in [0.717, 1.165) is 42.6 Å². The van der Waals surface area contributed by atoms with E-state index in [0.29, 0.717) is 17.6 Å². The van der Waals surface area contributed by atoms with Crippen LogP contribution >= 0.6 is 0 Å². The molecular formula is C22H25N5O3. The van der Waals surface area contributed by atoms with Crippen LogP contribution in [0.4, 0.5) is 0 Å². The molecule has 8 heteroatoms. The minimum Gasteiger partial charge on any atom is -0.350 e. The van der Waals surface area contributed by atoms with Crippen LogP contribution in [0.25, 0.3) is 11.0 Å². The summed E-state index contributed by atoms with van der Waals surface area (Å²) in [6, 6.07) is 5.13. The van der Waals surface area contributed by atoms with Crippen LogP contribution in [0.3, 0.4) is 0 Å². The number of rotatable bonds is 5. The van der Waals surface area contributed by atoms with Crippen molar-refractivity contribution >= 4 is 16.9 Å². The maximum Gasteiger partial charge on any atom is 0.267 e. The summed E-state index contributed by atoms with van der Waals surface area (Å²) in [5.41, 5.74) is 2.95. The first-order valence-corrected chi connectivity index (χ1v) is 10.4. The van der Waals surface area contributed by atoms with Crippen LogP contribution in [-0.4, -0.2) is 31.8 Å². The van der Waals surface area contributed by atoms with Gasteiger partial charge >= 0.3 is 0 Å². The molecule has 0 radical (unpaired) electrons. The van der Waals surface area contributed by atoms with Gasteiger partial charge in [-0.2, -0.15) is 5.10 Å². The molecule has 0 unspecified atom stereocenters. The van der Waals surface area contributed by atoms with Gasteiger partial charge in [-0.3, -0.25) is 14.4 Å². The number of hydrogen-bond acceptors (Lipinski definition) is 5. The summed E-state index contributed by atoms with van der Waals surface area (Å²) < 4.78 is 3.19. The van der Waals surface area contributed by atoms with Crippen LogP contribution in [0.15, 0.2) is 34.0 Å². The molecule has 0 atom stereocenters. The summed E-state index contributed by atoms with van der Waals surface area (Å²) in [6.07, 6.45) is 5.49. The van der Waals surface area contributed by atoms with Gasteiger partial charge in [0.2, 0.25) is 5.43 Å². The van der Waals surface area contributed by atoms with E-state index < -0.39 is 5.91 Å². The first kappa shape index (κ1) is 20.0. The highest BCUT2D eigenvalue weighted by atomic mass is 16.2. The van der Waals surface area contributed by atoms with Gasteiger partial charge in [-0.1, -0.05) is 0 Å². The standard InChI is InChI=1S/C22H25N5O3/c1-3-26-13-17(20(29)16-9-8-14(2)24-21(16)26)22(30)23-10-11-27-19(28)12-15-6-4-5-7-18(15)25-27/h8-9,12-13H,3-7,10-11H2,1-2H3,(H,23,30). The van der Waals surface area contributed by atoms with Crippen molar-refractivity contribution in [2.75, 3.05) is 6.54 Å². The predicted octanol–water partition coefficient (Wildman–Crippen LogP) is 1.59. The Hall–Kier alpha value is -3.29. The summed E-state index contributed by atoms with van der Waals surface area (Å²) in [6.45, 7) is 4.85. The Bertz CT molecular complexity index is 1240. The van der Waals surface area contributed by atoms with Crippen molar-refractivity contribution in [3.8, 4) is 0 Å². The number of carbonyl (C=O) groups excluding carboxylic acids is 1. The van der Waals surface area contributed by atoms with E-state index in [1.807, 2.05) is 13.8 Å². The number of fused-ring (bicyclic) bond motifs is 2. The molecule has 0 aromatic carbocycles. The van der Waals surface area contributed by atoms with E-state index >= 15 is 0 Å². The van der Waals surface area contributed by atoms with Crippen molar-refractivity contribution in [2.24, 2.45) is 0 Å². The lowest BCUT2D eigenvalue weighted by atomic mass is 9.97. The zero-order valence-corrected chi connectivity index (χ0v) is 17.3. The summed E-state index contributed by atoms with van der Waals surface area (Å²) in [5, 5.41) is 7.62. The summed E-state index contributed by atoms with van der Waals surface area (Å²) in [4.78, 5) is 42.2. The molecule has 0 saturated carbocycles. The van der Waals surface area contributed by atoms with E-state index in [4.69, 9.17) is 0 Å². The fourth-order valence-corrected chi connectivity index (χ4v) is 3.89. The highest BCUT2D eigenvalue weighted by molar-refractivity contribution is 5.96. The van der Waals surface area contributed by atoms with Crippen molar-refractivity contribution in [2.45, 2.75) is 52.6 Å². The Labute approximate surface area is 173 Å². The lowest BCUT2D eigenvalue weighted by Crippen LogP contribution is -2.35. The van der Waals surface area contributed by atoms with E-state index in [1.165, 1.54) is 4.68 Å². The SMILES string of the molecule is CCn1cc(C(=O)NCCn2nc3c(cc2=O)CCCC3)c(=O)c2ccc(C)nc21. The maximum atomic E-state index is 12.8. The Morgan fingerprint density at radius 1 is 1.20 bits per heavy atom. The second kappa shape index (κ2) is 8.22. The Balaban J connectivity index is 1.53. The number of aryl methyl sites for hydroxylation is 4. The van der Waals surface area contributed by atoms with E-state index in [-0.39, 0.29) is 29.6 Å². The number of nitrogens with zero attached hydrogens (tertiary/aromatic N) is 4. The minimum absolute atomic E-state index is 0.0701. The topological polar surface area (TPSA) is 98.9 Å². The molecule has 156 valence electrons. The van der Waals surface area contributed by atoms with Gasteiger partial charge in [0.05, 0.1) is 17.6 Å². The molecule has 3 heterocycles. The van der Waals surface area contributed by atoms with Crippen LogP contribution in [0.5, 0.6) is 0 Å². The van der Waals surface area contributed by atoms with Crippen molar-refractivity contribution in [3.05, 3.63) is 67.5 Å². The van der Waals surface area contributed by atoms with Gasteiger partial charge < -0.3 is 9.88 Å². The summed E-state index contributed by atoms with van der Waals surface area (Å²) in [5.74, 6) is -0.462. The van der Waals surface area contributed by atoms with Crippen LogP contribution in [0, 0.1) is 6.92 Å². The lowest BCUT2D eigenvalue weighted by molar-refractivity contribution is 0.0950. The fourth-order valence-electron chi connectivity index (χ4n) is 3.89. The predicted molar refractivity (Wildman–Crippen MR) is 114 cm³/mol. The molecule has 0 aliphatic heterocycles. The number of carbonyl (C=O) groups is 1. The molecule has 1 aliphatic rings. The Kier molecular flexibility index (Phi) is 5.48. The van der Waals surface area contributed by atoms with Gasteiger partial charge in [0, 0.05) is 31.0 Å². The van der Waals surface area contributed by atoms with E-state index in [1.54, 1.807) is 29.0 Å². The third-order valence-electron chi connectivity index (χ3n) is 5.53. The molecule has 0 fully saturated rings. The van der Waals surface area contributed by atoms with Crippen LogP contribution in [0.2, 0.25) is 0 Å². The Morgan fingerprint density at radius 2 is 2.00 bits per heavy atom. The number of nitrogens with one attached hydrogen (secondary N) is 1. The van der Waals surface area contributed by atoms with Gasteiger partial charge in [-0.05, 0) is 57.2 Å². The molecule has 4 rings (SSSR count). The number of aromatic nitrogens is 4. The highest BCUT2D eigenvalue weighted by Gasteiger charge is 2.17. The van der Waals surface area contributed by atoms with E-state index in [9.17, 15) is 14.4 Å². The van der Waals surface area contributed by atoms with Crippen LogP contribution in [-0.2, 0) is 25.9 Å². The van der Waals surface area contributed by atoms with Gasteiger partial charge in [0.1, 0.15) is 11.2 Å². The smallest absolute Gasteiger partial charge is 0.267 e. The summed E-state index contributed by atoms with van der Waals surface area (Å²) in [7, 11) is 0. The molecule has 3 aromatic rings. The first-order valence-electron chi connectivity index (χ1n) is 10.4. The average molecular weight is 407 g/mol. The molecular weight excluding hydrogens is 382 g/mol. The maximum absolute atomic E-state index is 12.8. The molecule has 0 bridgehead atoms. The summed E-state index contributed by atoms with van der Waals surface area (Å²) >= 11 is 0. The van der Waals surface area contributed by atoms with Crippen molar-refractivity contribution in [1.29, 1.82) is 0 Å². The molecule has 1 amide bonds. The van der Waals surface area contributed by atoms with Gasteiger partial charge in [-0.25, -0.2) is 9.67 Å². The fraction of sp³-hybridized carbons (Fsp3) is 0.409. The van der Waals surface area contributed by atoms with Gasteiger partial charge in [0.25, 0.3) is 11.5 Å². The third-order valence-corrected chi connectivity index (χ3v) is 5.53. The molecule has 1 N–H and O–H groups in total. The largest absolute Gasteiger partial charge is 0.350 e. The average Bonchev–Trinajstić information content (AvgIpc) is 2.74. The monoisotopic (exact) mass is 407 g/mol. The number of pyridine rings is 2. The first-order chi connectivity index (χ1) is 14.5. The highest BCUT2D eigenvalue weighted by Crippen LogP contribution is 2.16. The zero-order chi connectivity index (χ0) is 21.3. The van der Waals surface area contributed by atoms with E-state index in [2.05, 4.69) is 15.4 Å².